The van der Waals surface area contributed by atoms with E-state index in [1.165, 1.54) is 46.1 Å². The second-order valence-electron chi connectivity index (χ2n) is 11.4. The summed E-state index contributed by atoms with van der Waals surface area (Å²) in [5, 5.41) is 45.1. The number of phenols is 1. The van der Waals surface area contributed by atoms with Crippen LogP contribution < -0.4 is 5.73 Å². The maximum absolute atomic E-state index is 14.2. The minimum absolute atomic E-state index is 0.0885. The molecule has 0 unspecified atom stereocenters. The second kappa shape index (κ2) is 8.48. The molecule has 12 nitrogen and oxygen atoms in total. The summed E-state index contributed by atoms with van der Waals surface area (Å²) in [6.07, 6.45) is -0.340. The lowest BCUT2D eigenvalue weighted by Gasteiger charge is -2.59. The topological polar surface area (TPSA) is 199 Å². The van der Waals surface area contributed by atoms with Gasteiger partial charge in [-0.2, -0.15) is 0 Å². The number of benzene rings is 1. The van der Waals surface area contributed by atoms with E-state index in [2.05, 4.69) is 0 Å². The highest BCUT2D eigenvalue weighted by Gasteiger charge is 2.72. The molecule has 0 saturated heterocycles. The van der Waals surface area contributed by atoms with Gasteiger partial charge in [-0.3, -0.25) is 28.9 Å². The van der Waals surface area contributed by atoms with Crippen LogP contribution in [0.15, 0.2) is 29.0 Å². The number of Topliss-reactive ketones (excluding diaryl/α,β-unsaturated/α-hetero) is 3. The Morgan fingerprint density at radius 2 is 1.62 bits per heavy atom. The molecular formula is C27H31N3O9. The van der Waals surface area contributed by atoms with E-state index in [1.54, 1.807) is 6.92 Å². The Morgan fingerprint density at radius 3 is 2.13 bits per heavy atom. The van der Waals surface area contributed by atoms with Gasteiger partial charge in [0.1, 0.15) is 22.8 Å². The molecule has 39 heavy (non-hydrogen) atoms. The second-order valence-corrected chi connectivity index (χ2v) is 11.4. The van der Waals surface area contributed by atoms with Gasteiger partial charge in [-0.05, 0) is 44.6 Å². The van der Waals surface area contributed by atoms with E-state index in [0.717, 1.165) is 11.0 Å². The summed E-state index contributed by atoms with van der Waals surface area (Å²) in [5.41, 5.74) is -2.10. The molecule has 0 heterocycles. The molecule has 0 aromatic heterocycles. The first-order valence-electron chi connectivity index (χ1n) is 12.1. The van der Waals surface area contributed by atoms with Crippen molar-refractivity contribution >= 4 is 34.9 Å². The van der Waals surface area contributed by atoms with Gasteiger partial charge in [-0.15, -0.1) is 0 Å². The number of likely N-dealkylation sites (N-methyl/N-ethyl adjacent to an activating group) is 2. The fourth-order valence-electron chi connectivity index (χ4n) is 6.85. The van der Waals surface area contributed by atoms with Gasteiger partial charge in [0.25, 0.3) is 17.6 Å². The van der Waals surface area contributed by atoms with Crippen LogP contribution >= 0.6 is 0 Å². The standard InChI is InChI=1S/C27H31N3O9/c1-25-9-12-11(17(32)24(38)30(5)6)7-8-13(31)14(12)18(33)16(25)22(36)27(39)21(35)15(23(28)37)19(34)20(29(3)4)26(27,2)10-25/h7-8,20,31,33,35,39H,9-10H2,1-6H3,(H2,28,37)/t20-,25+,26+,27-/m1/s1. The van der Waals surface area contributed by atoms with Crippen LogP contribution in [0.25, 0.3) is 5.76 Å². The van der Waals surface area contributed by atoms with Crippen molar-refractivity contribution in [2.45, 2.75) is 38.3 Å². The number of nitrogens with two attached hydrogens (primary N) is 1. The highest BCUT2D eigenvalue weighted by molar-refractivity contribution is 6.43. The van der Waals surface area contributed by atoms with E-state index in [-0.39, 0.29) is 35.1 Å². The fourth-order valence-corrected chi connectivity index (χ4v) is 6.85. The molecule has 1 aromatic rings. The highest BCUT2D eigenvalue weighted by atomic mass is 16.3. The van der Waals surface area contributed by atoms with Gasteiger partial charge in [-0.25, -0.2) is 0 Å². The summed E-state index contributed by atoms with van der Waals surface area (Å²) < 4.78 is 0. The number of primary amides is 1. The maximum Gasteiger partial charge on any atom is 0.294 e. The van der Waals surface area contributed by atoms with Crippen LogP contribution in [0, 0.1) is 10.8 Å². The van der Waals surface area contributed by atoms with Crippen LogP contribution in [0.5, 0.6) is 5.75 Å². The molecule has 1 aromatic carbocycles. The molecule has 0 spiro atoms. The molecule has 1 saturated carbocycles. The lowest BCUT2D eigenvalue weighted by atomic mass is 9.46. The molecule has 6 N–H and O–H groups in total. The number of amides is 2. The van der Waals surface area contributed by atoms with Crippen LogP contribution in [0.2, 0.25) is 0 Å². The van der Waals surface area contributed by atoms with Crippen LogP contribution in [0.4, 0.5) is 0 Å². The first kappa shape index (κ1) is 28.0. The Hall–Kier alpha value is -4.03. The number of aliphatic hydroxyl groups is 3. The average molecular weight is 542 g/mol. The first-order chi connectivity index (χ1) is 17.9. The number of nitrogens with zero attached hydrogens (tertiary/aromatic N) is 2. The highest BCUT2D eigenvalue weighted by Crippen LogP contribution is 2.63. The largest absolute Gasteiger partial charge is 0.508 e. The van der Waals surface area contributed by atoms with Crippen molar-refractivity contribution in [2.24, 2.45) is 16.6 Å². The molecule has 12 heteroatoms. The number of rotatable bonds is 4. The van der Waals surface area contributed by atoms with Crippen molar-refractivity contribution in [3.63, 3.8) is 0 Å². The van der Waals surface area contributed by atoms with Crippen LogP contribution in [-0.4, -0.2) is 99.2 Å². The Labute approximate surface area is 224 Å². The number of carbonyl (C=O) groups is 5. The minimum atomic E-state index is -2.84. The molecule has 3 aliphatic rings. The molecule has 0 aliphatic heterocycles. The number of hydrogen-bond donors (Lipinski definition) is 5. The number of phenolic OH excluding ortho intramolecular Hbond substituents is 1. The molecule has 0 bridgehead atoms. The van der Waals surface area contributed by atoms with Gasteiger partial charge < -0.3 is 31.1 Å². The van der Waals surface area contributed by atoms with Crippen LogP contribution in [0.3, 0.4) is 0 Å². The number of fused-ring (bicyclic) bond motifs is 3. The third-order valence-corrected chi connectivity index (χ3v) is 8.36. The van der Waals surface area contributed by atoms with Gasteiger partial charge in [0, 0.05) is 36.1 Å². The van der Waals surface area contributed by atoms with Crippen molar-refractivity contribution in [3.05, 3.63) is 45.7 Å². The van der Waals surface area contributed by atoms with Gasteiger partial charge >= 0.3 is 0 Å². The Bertz CT molecular complexity index is 1460. The van der Waals surface area contributed by atoms with Gasteiger partial charge in [0.15, 0.2) is 11.4 Å². The Balaban J connectivity index is 2.07. The summed E-state index contributed by atoms with van der Waals surface area (Å²) in [5.74, 6) is -7.58. The zero-order valence-corrected chi connectivity index (χ0v) is 22.4. The maximum atomic E-state index is 14.2. The van der Waals surface area contributed by atoms with Crippen molar-refractivity contribution in [1.82, 2.24) is 9.80 Å². The Morgan fingerprint density at radius 1 is 1.03 bits per heavy atom. The summed E-state index contributed by atoms with van der Waals surface area (Å²) in [6.45, 7) is 3.00. The smallest absolute Gasteiger partial charge is 0.294 e. The molecule has 4 rings (SSSR count). The van der Waals surface area contributed by atoms with E-state index in [0.29, 0.717) is 0 Å². The minimum Gasteiger partial charge on any atom is -0.508 e. The molecule has 208 valence electrons. The molecule has 0 radical (unpaired) electrons. The van der Waals surface area contributed by atoms with E-state index in [1.807, 2.05) is 0 Å². The van der Waals surface area contributed by atoms with E-state index in [4.69, 9.17) is 5.73 Å². The Kier molecular flexibility index (Phi) is 6.09. The van der Waals surface area contributed by atoms with Crippen LogP contribution in [0.1, 0.15) is 41.8 Å². The van der Waals surface area contributed by atoms with Gasteiger partial charge in [0.2, 0.25) is 5.78 Å². The number of hydrogen-bond acceptors (Lipinski definition) is 10. The quantitative estimate of drug-likeness (QED) is 0.197. The zero-order chi connectivity index (χ0) is 29.6. The van der Waals surface area contributed by atoms with E-state index >= 15 is 0 Å². The molecule has 3 aliphatic carbocycles. The number of ketones is 3. The molecule has 1 fully saturated rings. The average Bonchev–Trinajstić information content (AvgIpc) is 2.80. The summed E-state index contributed by atoms with van der Waals surface area (Å²) >= 11 is 0. The number of aliphatic hydroxyl groups excluding tert-OH is 2. The fraction of sp³-hybridized carbons (Fsp3) is 0.444. The normalized spacial score (nSPS) is 30.1. The third kappa shape index (κ3) is 3.41. The van der Waals surface area contributed by atoms with Crippen LogP contribution in [-0.2, 0) is 25.6 Å². The van der Waals surface area contributed by atoms with Crippen molar-refractivity contribution < 1.29 is 44.4 Å². The van der Waals surface area contributed by atoms with Crippen molar-refractivity contribution in [2.75, 3.05) is 28.2 Å². The van der Waals surface area contributed by atoms with E-state index in [9.17, 15) is 44.4 Å². The predicted molar refractivity (Wildman–Crippen MR) is 137 cm³/mol. The van der Waals surface area contributed by atoms with Gasteiger partial charge in [0.05, 0.1) is 11.6 Å². The lowest BCUT2D eigenvalue weighted by Crippen LogP contribution is -2.72. The van der Waals surface area contributed by atoms with Gasteiger partial charge in [-0.1, -0.05) is 13.8 Å². The predicted octanol–water partition coefficient (Wildman–Crippen LogP) is 0.0151. The first-order valence-corrected chi connectivity index (χ1v) is 12.1. The molecule has 4 atom stereocenters. The number of carbonyl (C=O) groups excluding carboxylic acids is 5. The number of aromatic hydroxyl groups is 1. The monoisotopic (exact) mass is 541 g/mol. The van der Waals surface area contributed by atoms with Crippen molar-refractivity contribution in [1.29, 1.82) is 0 Å². The summed E-state index contributed by atoms with van der Waals surface area (Å²) in [6, 6.07) is 1.06. The molecule has 2 amide bonds. The summed E-state index contributed by atoms with van der Waals surface area (Å²) in [4.78, 5) is 67.8. The zero-order valence-electron chi connectivity index (χ0n) is 22.4. The third-order valence-electron chi connectivity index (χ3n) is 8.36. The molecular weight excluding hydrogens is 510 g/mol. The summed E-state index contributed by atoms with van der Waals surface area (Å²) in [7, 11) is 5.80. The lowest BCUT2D eigenvalue weighted by molar-refractivity contribution is -0.176. The van der Waals surface area contributed by atoms with Crippen molar-refractivity contribution in [3.8, 4) is 5.75 Å². The van der Waals surface area contributed by atoms with E-state index < -0.39 is 74.5 Å². The SMILES string of the molecule is CN(C)C(=O)C(=O)c1ccc(O)c2c1C[C@@]1(C)C[C@@]3(C)[C@H](N(C)C)C(=O)C(C(N)=O)=C(O)[C@@]3(O)C(=O)C1=C2O.